The summed E-state index contributed by atoms with van der Waals surface area (Å²) in [6.07, 6.45) is 7.67. The van der Waals surface area contributed by atoms with Crippen LogP contribution in [-0.4, -0.2) is 110 Å². The van der Waals surface area contributed by atoms with Gasteiger partial charge in [0, 0.05) is 19.6 Å². The summed E-state index contributed by atoms with van der Waals surface area (Å²) in [6.45, 7) is 6.16. The van der Waals surface area contributed by atoms with Gasteiger partial charge in [-0.2, -0.15) is 0 Å². The van der Waals surface area contributed by atoms with Crippen LogP contribution in [-0.2, 0) is 30.5 Å². The molecule has 41 heavy (non-hydrogen) atoms. The number of hydrogen-bond donors (Lipinski definition) is 2. The van der Waals surface area contributed by atoms with Crippen LogP contribution in [0.3, 0.4) is 0 Å². The summed E-state index contributed by atoms with van der Waals surface area (Å²) in [5.74, 6) is -0.192. The summed E-state index contributed by atoms with van der Waals surface area (Å²) < 4.78 is 16.5. The van der Waals surface area contributed by atoms with Crippen molar-refractivity contribution in [2.75, 3.05) is 47.4 Å². The van der Waals surface area contributed by atoms with Gasteiger partial charge in [-0.3, -0.25) is 24.2 Å². The van der Waals surface area contributed by atoms with Crippen molar-refractivity contribution < 1.29 is 28.3 Å². The zero-order valence-corrected chi connectivity index (χ0v) is 24.5. The number of hydrazine groups is 1. The lowest BCUT2D eigenvalue weighted by Gasteiger charge is -2.54. The van der Waals surface area contributed by atoms with Crippen molar-refractivity contribution in [3.63, 3.8) is 0 Å². The lowest BCUT2D eigenvalue weighted by molar-refractivity contribution is -0.198. The fourth-order valence-corrected chi connectivity index (χ4v) is 5.35. The molecule has 1 aromatic rings. The van der Waals surface area contributed by atoms with E-state index in [1.54, 1.807) is 34.1 Å². The third-order valence-corrected chi connectivity index (χ3v) is 7.29. The Hall–Kier alpha value is -3.35. The van der Waals surface area contributed by atoms with Gasteiger partial charge in [0.25, 0.3) is 6.47 Å². The molecule has 2 saturated heterocycles. The topological polar surface area (TPSA) is 115 Å². The Kier molecular flexibility index (Phi) is 15.0. The molecule has 3 aliphatic rings. The first-order valence-electron chi connectivity index (χ1n) is 14.1. The van der Waals surface area contributed by atoms with E-state index in [4.69, 9.17) is 0 Å². The molecular weight excluding hydrogens is 531 g/mol. The van der Waals surface area contributed by atoms with E-state index < -0.39 is 6.04 Å². The molecule has 0 aromatic heterocycles. The van der Waals surface area contributed by atoms with Crippen molar-refractivity contribution in [1.82, 2.24) is 30.5 Å². The minimum Gasteiger partial charge on any atom is -0.464 e. The largest absolute Gasteiger partial charge is 0.464 e. The van der Waals surface area contributed by atoms with Gasteiger partial charge in [-0.25, -0.2) is 9.40 Å². The molecule has 0 bridgehead atoms. The maximum Gasteiger partial charge on any atom is 0.293 e. The van der Waals surface area contributed by atoms with Gasteiger partial charge in [0.1, 0.15) is 24.6 Å². The highest BCUT2D eigenvalue weighted by atomic mass is 19.1. The summed E-state index contributed by atoms with van der Waals surface area (Å²) in [5, 5.41) is 9.30. The number of nitrogens with zero attached hydrogens (tertiary/aromatic N) is 4. The second-order valence-electron chi connectivity index (χ2n) is 10.1. The third-order valence-electron chi connectivity index (χ3n) is 7.29. The zero-order valence-electron chi connectivity index (χ0n) is 24.5. The van der Waals surface area contributed by atoms with Crippen LogP contribution in [0.25, 0.3) is 0 Å². The first-order valence-corrected chi connectivity index (χ1v) is 14.1. The molecule has 3 fully saturated rings. The molecule has 2 atom stereocenters. The minimum atomic E-state index is -0.462. The highest BCUT2D eigenvalue weighted by molar-refractivity contribution is 5.91. The fraction of sp³-hybridized carbons (Fsp3) is 0.586. The van der Waals surface area contributed by atoms with Crippen LogP contribution in [0, 0.1) is 5.82 Å². The Labute approximate surface area is 242 Å². The van der Waals surface area contributed by atoms with Crippen LogP contribution in [0.4, 0.5) is 4.39 Å². The quantitative estimate of drug-likeness (QED) is 0.232. The SMILES string of the molecule is C=CCOC=O.CNCCC[C@H]1C(=O)N(C2CCCC2)CC2N1C(=O)CN(C)N2C=O.CNCc1ccc(F)cc1. The number of amides is 3. The van der Waals surface area contributed by atoms with Crippen LogP contribution in [0.5, 0.6) is 0 Å². The Morgan fingerprint density at radius 1 is 1.10 bits per heavy atom. The van der Waals surface area contributed by atoms with Crippen LogP contribution in [0.1, 0.15) is 44.1 Å². The summed E-state index contributed by atoms with van der Waals surface area (Å²) in [6, 6.07) is 6.26. The van der Waals surface area contributed by atoms with Crippen molar-refractivity contribution in [1.29, 1.82) is 0 Å². The first-order chi connectivity index (χ1) is 19.8. The van der Waals surface area contributed by atoms with Crippen molar-refractivity contribution in [2.45, 2.75) is 63.3 Å². The number of ether oxygens (including phenoxy) is 1. The molecule has 12 heteroatoms. The Balaban J connectivity index is 0.000000301. The standard InChI is InChI=1S/C17H29N5O3.C8H10FN.C4H6O2/c1-18-9-5-8-14-17(25)20(13-6-3-4-7-13)10-15-21(12-23)19(2)11-16(24)22(14)15;1-10-6-7-2-4-8(9)5-3-7;1-2-3-6-4-5/h12-15,18H,3-11H2,1-2H3;2-5,10H,6H2,1H3;2,4H,1,3H2/t14-,15?;;/m0../s1. The van der Waals surface area contributed by atoms with E-state index in [0.29, 0.717) is 26.0 Å². The van der Waals surface area contributed by atoms with Gasteiger partial charge in [0.2, 0.25) is 18.2 Å². The van der Waals surface area contributed by atoms with E-state index in [0.717, 1.165) is 57.2 Å². The van der Waals surface area contributed by atoms with E-state index in [-0.39, 0.29) is 36.4 Å². The number of fused-ring (bicyclic) bond motifs is 1. The number of piperazine rings is 1. The number of carbonyl (C=O) groups excluding carboxylic acids is 4. The molecule has 3 amide bonds. The van der Waals surface area contributed by atoms with Gasteiger partial charge >= 0.3 is 0 Å². The van der Waals surface area contributed by atoms with Crippen LogP contribution in [0.15, 0.2) is 36.9 Å². The zero-order chi connectivity index (χ0) is 30.2. The highest BCUT2D eigenvalue weighted by Crippen LogP contribution is 2.32. The normalized spacial score (nSPS) is 20.8. The molecule has 2 aliphatic heterocycles. The van der Waals surface area contributed by atoms with Gasteiger partial charge in [-0.1, -0.05) is 37.6 Å². The Morgan fingerprint density at radius 3 is 2.32 bits per heavy atom. The van der Waals surface area contributed by atoms with E-state index in [1.807, 2.05) is 19.0 Å². The van der Waals surface area contributed by atoms with Crippen LogP contribution < -0.4 is 10.6 Å². The summed E-state index contributed by atoms with van der Waals surface area (Å²) in [4.78, 5) is 50.4. The second kappa shape index (κ2) is 18.2. The average Bonchev–Trinajstić information content (AvgIpc) is 3.50. The van der Waals surface area contributed by atoms with Crippen molar-refractivity contribution in [3.05, 3.63) is 48.3 Å². The van der Waals surface area contributed by atoms with E-state index in [2.05, 4.69) is 21.9 Å². The number of nitrogens with one attached hydrogen (secondary N) is 2. The Bertz CT molecular complexity index is 967. The van der Waals surface area contributed by atoms with Crippen molar-refractivity contribution in [2.24, 2.45) is 0 Å². The molecule has 1 aliphatic carbocycles. The lowest BCUT2D eigenvalue weighted by Crippen LogP contribution is -2.74. The first kappa shape index (κ1) is 33.9. The molecule has 0 radical (unpaired) electrons. The van der Waals surface area contributed by atoms with Crippen LogP contribution >= 0.6 is 0 Å². The van der Waals surface area contributed by atoms with E-state index >= 15 is 0 Å². The third kappa shape index (κ3) is 9.91. The molecule has 1 unspecified atom stereocenters. The molecular formula is C29H45FN6O5. The van der Waals surface area contributed by atoms with Gasteiger partial charge in [0.05, 0.1) is 13.1 Å². The minimum absolute atomic E-state index is 0.0583. The lowest BCUT2D eigenvalue weighted by atomic mass is 10.00. The Morgan fingerprint density at radius 2 is 1.78 bits per heavy atom. The number of likely N-dealkylation sites (N-methyl/N-ethyl adjacent to an activating group) is 1. The monoisotopic (exact) mass is 576 g/mol. The van der Waals surface area contributed by atoms with Gasteiger partial charge < -0.3 is 25.2 Å². The maximum absolute atomic E-state index is 13.2. The van der Waals surface area contributed by atoms with E-state index in [1.165, 1.54) is 18.2 Å². The average molecular weight is 577 g/mol. The maximum atomic E-state index is 13.2. The summed E-state index contributed by atoms with van der Waals surface area (Å²) in [5.41, 5.74) is 1.10. The number of rotatable bonds is 11. The smallest absolute Gasteiger partial charge is 0.293 e. The summed E-state index contributed by atoms with van der Waals surface area (Å²) in [7, 11) is 5.49. The number of carbonyl (C=O) groups is 4. The molecule has 2 heterocycles. The second-order valence-corrected chi connectivity index (χ2v) is 10.1. The molecule has 11 nitrogen and oxygen atoms in total. The molecule has 0 spiro atoms. The van der Waals surface area contributed by atoms with Crippen LogP contribution in [0.2, 0.25) is 0 Å². The molecule has 4 rings (SSSR count). The fourth-order valence-electron chi connectivity index (χ4n) is 5.35. The van der Waals surface area contributed by atoms with Gasteiger partial charge in [-0.05, 0) is 64.0 Å². The number of halogens is 1. The molecule has 1 aromatic carbocycles. The molecule has 1 saturated carbocycles. The van der Waals surface area contributed by atoms with E-state index in [9.17, 15) is 23.6 Å². The highest BCUT2D eigenvalue weighted by Gasteiger charge is 2.50. The van der Waals surface area contributed by atoms with Crippen molar-refractivity contribution >= 4 is 24.7 Å². The molecule has 2 N–H and O–H groups in total. The van der Waals surface area contributed by atoms with Crippen molar-refractivity contribution in [3.8, 4) is 0 Å². The summed E-state index contributed by atoms with van der Waals surface area (Å²) >= 11 is 0. The molecule has 228 valence electrons. The number of benzene rings is 1. The van der Waals surface area contributed by atoms with Gasteiger partial charge in [-0.15, -0.1) is 0 Å². The van der Waals surface area contributed by atoms with Gasteiger partial charge in [0.15, 0.2) is 0 Å². The predicted octanol–water partition coefficient (Wildman–Crippen LogP) is 1.50. The predicted molar refractivity (Wildman–Crippen MR) is 153 cm³/mol. The number of hydrogen-bond acceptors (Lipinski definition) is 8.